The lowest BCUT2D eigenvalue weighted by molar-refractivity contribution is -0.118. The summed E-state index contributed by atoms with van der Waals surface area (Å²) in [5.74, 6) is -0.346. The third-order valence-corrected chi connectivity index (χ3v) is 2.35. The molecule has 4 heteroatoms. The van der Waals surface area contributed by atoms with E-state index in [4.69, 9.17) is 0 Å². The first-order chi connectivity index (χ1) is 7.60. The highest BCUT2D eigenvalue weighted by molar-refractivity contribution is 5.94. The Morgan fingerprint density at radius 3 is 2.25 bits per heavy atom. The molecule has 0 atom stereocenters. The van der Waals surface area contributed by atoms with Gasteiger partial charge in [0, 0.05) is 19.2 Å². The fourth-order valence-corrected chi connectivity index (χ4v) is 1.32. The zero-order chi connectivity index (χ0) is 12.1. The largest absolute Gasteiger partial charge is 0.465 e. The maximum absolute atomic E-state index is 11.4. The number of carbonyl (C=O) groups excluding carboxylic acids is 2. The van der Waals surface area contributed by atoms with Gasteiger partial charge in [-0.2, -0.15) is 0 Å². The number of esters is 1. The van der Waals surface area contributed by atoms with Crippen LogP contribution in [0.3, 0.4) is 0 Å². The number of nitrogens with zero attached hydrogens (tertiary/aromatic N) is 1. The summed E-state index contributed by atoms with van der Waals surface area (Å²) in [4.78, 5) is 24.2. The Hall–Kier alpha value is -1.84. The van der Waals surface area contributed by atoms with Gasteiger partial charge in [0.25, 0.3) is 0 Å². The van der Waals surface area contributed by atoms with Crippen molar-refractivity contribution < 1.29 is 14.3 Å². The van der Waals surface area contributed by atoms with Crippen molar-refractivity contribution in [2.24, 2.45) is 0 Å². The van der Waals surface area contributed by atoms with Gasteiger partial charge in [0.15, 0.2) is 0 Å². The van der Waals surface area contributed by atoms with Crippen molar-refractivity contribution in [3.63, 3.8) is 0 Å². The zero-order valence-corrected chi connectivity index (χ0v) is 9.69. The van der Waals surface area contributed by atoms with Gasteiger partial charge >= 0.3 is 5.97 Å². The number of carbonyl (C=O) groups is 2. The fourth-order valence-electron chi connectivity index (χ4n) is 1.32. The number of hydrogen-bond donors (Lipinski definition) is 0. The molecule has 0 bridgehead atoms. The number of amides is 1. The highest BCUT2D eigenvalue weighted by Crippen LogP contribution is 2.15. The van der Waals surface area contributed by atoms with E-state index in [0.717, 1.165) is 5.69 Å². The molecule has 1 rings (SSSR count). The molecule has 4 nitrogen and oxygen atoms in total. The highest BCUT2D eigenvalue weighted by atomic mass is 16.5. The van der Waals surface area contributed by atoms with Crippen LogP contribution in [0.4, 0.5) is 5.69 Å². The SMILES string of the molecule is CCC(=O)N(C)c1ccc(C(=O)OC)cc1. The maximum Gasteiger partial charge on any atom is 0.337 e. The van der Waals surface area contributed by atoms with Crippen molar-refractivity contribution in [2.75, 3.05) is 19.1 Å². The average Bonchev–Trinajstić information content (AvgIpc) is 2.36. The third-order valence-electron chi connectivity index (χ3n) is 2.35. The van der Waals surface area contributed by atoms with Gasteiger partial charge in [-0.25, -0.2) is 4.79 Å². The minimum atomic E-state index is -0.379. The molecule has 0 aliphatic rings. The summed E-state index contributed by atoms with van der Waals surface area (Å²) < 4.78 is 4.59. The van der Waals surface area contributed by atoms with Gasteiger partial charge < -0.3 is 9.64 Å². The number of anilines is 1. The number of rotatable bonds is 3. The second-order valence-electron chi connectivity index (χ2n) is 3.34. The Balaban J connectivity index is 2.86. The second kappa shape index (κ2) is 5.30. The van der Waals surface area contributed by atoms with Crippen molar-refractivity contribution in [1.29, 1.82) is 0 Å². The topological polar surface area (TPSA) is 46.6 Å². The van der Waals surface area contributed by atoms with Crippen LogP contribution in [0.15, 0.2) is 24.3 Å². The molecule has 1 aromatic rings. The molecular weight excluding hydrogens is 206 g/mol. The molecule has 86 valence electrons. The molecule has 0 aliphatic carbocycles. The summed E-state index contributed by atoms with van der Waals surface area (Å²) in [6, 6.07) is 6.72. The first-order valence-electron chi connectivity index (χ1n) is 5.05. The molecular formula is C12H15NO3. The zero-order valence-electron chi connectivity index (χ0n) is 9.69. The van der Waals surface area contributed by atoms with E-state index in [2.05, 4.69) is 4.74 Å². The van der Waals surface area contributed by atoms with Crippen LogP contribution in [0.25, 0.3) is 0 Å². The Labute approximate surface area is 94.8 Å². The molecule has 0 saturated heterocycles. The summed E-state index contributed by atoms with van der Waals surface area (Å²) in [6.45, 7) is 1.81. The van der Waals surface area contributed by atoms with E-state index in [1.54, 1.807) is 36.2 Å². The van der Waals surface area contributed by atoms with Crippen molar-refractivity contribution in [3.8, 4) is 0 Å². The van der Waals surface area contributed by atoms with E-state index in [0.29, 0.717) is 12.0 Å². The van der Waals surface area contributed by atoms with E-state index in [-0.39, 0.29) is 11.9 Å². The van der Waals surface area contributed by atoms with Crippen LogP contribution in [0.5, 0.6) is 0 Å². The Kier molecular flexibility index (Phi) is 4.05. The van der Waals surface area contributed by atoms with Crippen molar-refractivity contribution >= 4 is 17.6 Å². The summed E-state index contributed by atoms with van der Waals surface area (Å²) in [5, 5.41) is 0. The Bertz CT molecular complexity index is 384. The van der Waals surface area contributed by atoms with Crippen LogP contribution >= 0.6 is 0 Å². The van der Waals surface area contributed by atoms with Crippen molar-refractivity contribution in [1.82, 2.24) is 0 Å². The predicted octanol–water partition coefficient (Wildman–Crippen LogP) is 1.85. The molecule has 0 heterocycles. The van der Waals surface area contributed by atoms with E-state index in [1.807, 2.05) is 6.92 Å². The molecule has 0 N–H and O–H groups in total. The second-order valence-corrected chi connectivity index (χ2v) is 3.34. The van der Waals surface area contributed by atoms with Crippen LogP contribution < -0.4 is 4.90 Å². The quantitative estimate of drug-likeness (QED) is 0.732. The summed E-state index contributed by atoms with van der Waals surface area (Å²) >= 11 is 0. The lowest BCUT2D eigenvalue weighted by atomic mass is 10.2. The predicted molar refractivity (Wildman–Crippen MR) is 61.5 cm³/mol. The van der Waals surface area contributed by atoms with Gasteiger partial charge in [-0.15, -0.1) is 0 Å². The summed E-state index contributed by atoms with van der Waals surface area (Å²) in [7, 11) is 3.04. The van der Waals surface area contributed by atoms with Gasteiger partial charge in [-0.1, -0.05) is 6.92 Å². The molecule has 16 heavy (non-hydrogen) atoms. The van der Waals surface area contributed by atoms with Gasteiger partial charge in [0.2, 0.25) is 5.91 Å². The minimum absolute atomic E-state index is 0.0332. The molecule has 0 fully saturated rings. The maximum atomic E-state index is 11.4. The molecule has 0 aliphatic heterocycles. The van der Waals surface area contributed by atoms with Gasteiger partial charge in [0.05, 0.1) is 12.7 Å². The van der Waals surface area contributed by atoms with E-state index >= 15 is 0 Å². The summed E-state index contributed by atoms with van der Waals surface area (Å²) in [5.41, 5.74) is 1.24. The van der Waals surface area contributed by atoms with Crippen LogP contribution in [0.1, 0.15) is 23.7 Å². The standard InChI is InChI=1S/C12H15NO3/c1-4-11(14)13(2)10-7-5-9(6-8-10)12(15)16-3/h5-8H,4H2,1-3H3. The van der Waals surface area contributed by atoms with E-state index in [1.165, 1.54) is 7.11 Å². The Morgan fingerprint density at radius 1 is 1.25 bits per heavy atom. The smallest absolute Gasteiger partial charge is 0.337 e. The molecule has 0 aromatic heterocycles. The van der Waals surface area contributed by atoms with Gasteiger partial charge in [-0.3, -0.25) is 4.79 Å². The number of methoxy groups -OCH3 is 1. The summed E-state index contributed by atoms with van der Waals surface area (Å²) in [6.07, 6.45) is 0.454. The molecule has 1 amide bonds. The monoisotopic (exact) mass is 221 g/mol. The molecule has 0 saturated carbocycles. The number of benzene rings is 1. The first kappa shape index (κ1) is 12.2. The van der Waals surface area contributed by atoms with E-state index < -0.39 is 0 Å². The molecule has 0 radical (unpaired) electrons. The minimum Gasteiger partial charge on any atom is -0.465 e. The van der Waals surface area contributed by atoms with Crippen molar-refractivity contribution in [2.45, 2.75) is 13.3 Å². The molecule has 0 spiro atoms. The fraction of sp³-hybridized carbons (Fsp3) is 0.333. The average molecular weight is 221 g/mol. The highest BCUT2D eigenvalue weighted by Gasteiger charge is 2.10. The van der Waals surface area contributed by atoms with E-state index in [9.17, 15) is 9.59 Å². The third kappa shape index (κ3) is 2.59. The van der Waals surface area contributed by atoms with Crippen molar-refractivity contribution in [3.05, 3.63) is 29.8 Å². The lowest BCUT2D eigenvalue weighted by Crippen LogP contribution is -2.25. The van der Waals surface area contributed by atoms with Crippen LogP contribution in [0.2, 0.25) is 0 Å². The van der Waals surface area contributed by atoms with Gasteiger partial charge in [-0.05, 0) is 24.3 Å². The van der Waals surface area contributed by atoms with Gasteiger partial charge in [0.1, 0.15) is 0 Å². The Morgan fingerprint density at radius 2 is 1.81 bits per heavy atom. The van der Waals surface area contributed by atoms with Crippen LogP contribution in [-0.4, -0.2) is 26.0 Å². The van der Waals surface area contributed by atoms with Crippen LogP contribution in [-0.2, 0) is 9.53 Å². The first-order valence-corrected chi connectivity index (χ1v) is 5.05. The number of ether oxygens (including phenoxy) is 1. The number of hydrogen-bond acceptors (Lipinski definition) is 3. The lowest BCUT2D eigenvalue weighted by Gasteiger charge is -2.16. The normalized spacial score (nSPS) is 9.69. The molecule has 1 aromatic carbocycles. The molecule has 0 unspecified atom stereocenters. The van der Waals surface area contributed by atoms with Crippen LogP contribution in [0, 0.1) is 0 Å².